The lowest BCUT2D eigenvalue weighted by Crippen LogP contribution is -2.43. The minimum absolute atomic E-state index is 0.0713. The summed E-state index contributed by atoms with van der Waals surface area (Å²) < 4.78 is 0. The maximum absolute atomic E-state index is 12.0. The van der Waals surface area contributed by atoms with Crippen LogP contribution in [0.4, 0.5) is 0 Å². The Kier molecular flexibility index (Phi) is 6.80. The molecule has 0 bridgehead atoms. The molecular formula is C23H29N3O. The van der Waals surface area contributed by atoms with Crippen LogP contribution >= 0.6 is 0 Å². The van der Waals surface area contributed by atoms with Crippen molar-refractivity contribution in [2.45, 2.75) is 20.0 Å². The van der Waals surface area contributed by atoms with E-state index in [1.165, 1.54) is 11.1 Å². The Morgan fingerprint density at radius 2 is 1.74 bits per heavy atom. The van der Waals surface area contributed by atoms with E-state index in [2.05, 4.69) is 52.5 Å². The van der Waals surface area contributed by atoms with Crippen molar-refractivity contribution in [2.75, 3.05) is 33.2 Å². The lowest BCUT2D eigenvalue weighted by Gasteiger charge is -2.32. The number of nitrogens with zero attached hydrogens (tertiary/aromatic N) is 2. The molecule has 3 rings (SSSR count). The second-order valence-electron chi connectivity index (χ2n) is 7.36. The molecule has 1 heterocycles. The van der Waals surface area contributed by atoms with Crippen LogP contribution in [0, 0.1) is 6.92 Å². The first-order chi connectivity index (χ1) is 13.1. The Balaban J connectivity index is 1.45. The predicted octanol–water partition coefficient (Wildman–Crippen LogP) is 3.07. The Bertz CT molecular complexity index is 774. The molecule has 2 aromatic carbocycles. The van der Waals surface area contributed by atoms with E-state index >= 15 is 0 Å². The molecular weight excluding hydrogens is 334 g/mol. The highest BCUT2D eigenvalue weighted by Gasteiger charge is 2.13. The van der Waals surface area contributed by atoms with Crippen molar-refractivity contribution >= 4 is 12.0 Å². The molecule has 1 aliphatic heterocycles. The molecule has 0 aliphatic carbocycles. The Morgan fingerprint density at radius 3 is 2.44 bits per heavy atom. The number of piperazine rings is 1. The molecule has 1 N–H and O–H groups in total. The van der Waals surface area contributed by atoms with Crippen LogP contribution in [0.15, 0.2) is 54.6 Å². The number of hydrogen-bond acceptors (Lipinski definition) is 3. The Morgan fingerprint density at radius 1 is 1.04 bits per heavy atom. The standard InChI is InChI=1S/C23H29N3O/c1-19-4-3-5-20(16-19)10-11-23(27)24-17-21-6-8-22(9-7-21)18-26-14-12-25(2)13-15-26/h3-11,16H,12-15,17-18H2,1-2H3,(H,24,27)/b11-10+. The predicted molar refractivity (Wildman–Crippen MR) is 111 cm³/mol. The van der Waals surface area contributed by atoms with Gasteiger partial charge >= 0.3 is 0 Å². The fourth-order valence-electron chi connectivity index (χ4n) is 3.22. The highest BCUT2D eigenvalue weighted by atomic mass is 16.1. The number of amides is 1. The topological polar surface area (TPSA) is 35.6 Å². The quantitative estimate of drug-likeness (QED) is 0.801. The third-order valence-electron chi connectivity index (χ3n) is 4.96. The van der Waals surface area contributed by atoms with Crippen molar-refractivity contribution < 1.29 is 4.79 Å². The van der Waals surface area contributed by atoms with Crippen LogP contribution in [0.1, 0.15) is 22.3 Å². The summed E-state index contributed by atoms with van der Waals surface area (Å²) in [6.07, 6.45) is 3.44. The van der Waals surface area contributed by atoms with Crippen molar-refractivity contribution in [2.24, 2.45) is 0 Å². The minimum Gasteiger partial charge on any atom is -0.348 e. The monoisotopic (exact) mass is 363 g/mol. The van der Waals surface area contributed by atoms with Crippen molar-refractivity contribution in [1.82, 2.24) is 15.1 Å². The molecule has 2 aromatic rings. The van der Waals surface area contributed by atoms with Crippen molar-refractivity contribution in [3.8, 4) is 0 Å². The minimum atomic E-state index is -0.0713. The average molecular weight is 364 g/mol. The van der Waals surface area contributed by atoms with Crippen molar-refractivity contribution in [3.05, 3.63) is 76.9 Å². The molecule has 0 radical (unpaired) electrons. The van der Waals surface area contributed by atoms with E-state index < -0.39 is 0 Å². The first-order valence-electron chi connectivity index (χ1n) is 9.60. The first-order valence-corrected chi connectivity index (χ1v) is 9.60. The third-order valence-corrected chi connectivity index (χ3v) is 4.96. The van der Waals surface area contributed by atoms with Gasteiger partial charge in [-0.05, 0) is 36.7 Å². The van der Waals surface area contributed by atoms with E-state index in [9.17, 15) is 4.79 Å². The van der Waals surface area contributed by atoms with E-state index in [0.717, 1.165) is 43.9 Å². The lowest BCUT2D eigenvalue weighted by molar-refractivity contribution is -0.116. The fraction of sp³-hybridized carbons (Fsp3) is 0.348. The summed E-state index contributed by atoms with van der Waals surface area (Å²) >= 11 is 0. The molecule has 27 heavy (non-hydrogen) atoms. The number of hydrogen-bond donors (Lipinski definition) is 1. The number of benzene rings is 2. The molecule has 1 saturated heterocycles. The normalized spacial score (nSPS) is 15.9. The molecule has 0 aromatic heterocycles. The average Bonchev–Trinajstić information content (AvgIpc) is 2.68. The number of likely N-dealkylation sites (N-methyl/N-ethyl adjacent to an activating group) is 1. The number of aryl methyl sites for hydroxylation is 1. The molecule has 0 spiro atoms. The molecule has 4 nitrogen and oxygen atoms in total. The summed E-state index contributed by atoms with van der Waals surface area (Å²) in [6.45, 7) is 8.12. The van der Waals surface area contributed by atoms with Gasteiger partial charge in [-0.25, -0.2) is 0 Å². The van der Waals surface area contributed by atoms with Crippen molar-refractivity contribution in [3.63, 3.8) is 0 Å². The second-order valence-corrected chi connectivity index (χ2v) is 7.36. The van der Waals surface area contributed by atoms with Crippen LogP contribution in [0.5, 0.6) is 0 Å². The summed E-state index contributed by atoms with van der Waals surface area (Å²) in [5.41, 5.74) is 4.68. The largest absolute Gasteiger partial charge is 0.348 e. The maximum atomic E-state index is 12.0. The van der Waals surface area contributed by atoms with E-state index in [-0.39, 0.29) is 5.91 Å². The van der Waals surface area contributed by atoms with Gasteiger partial charge in [0.25, 0.3) is 0 Å². The van der Waals surface area contributed by atoms with Crippen LogP contribution in [-0.4, -0.2) is 48.9 Å². The van der Waals surface area contributed by atoms with Gasteiger partial charge in [0.05, 0.1) is 0 Å². The second kappa shape index (κ2) is 9.49. The smallest absolute Gasteiger partial charge is 0.244 e. The fourth-order valence-corrected chi connectivity index (χ4v) is 3.22. The van der Waals surface area contributed by atoms with Gasteiger partial charge < -0.3 is 10.2 Å². The van der Waals surface area contributed by atoms with Gasteiger partial charge in [0, 0.05) is 45.3 Å². The van der Waals surface area contributed by atoms with Crippen molar-refractivity contribution in [1.29, 1.82) is 0 Å². The molecule has 1 amide bonds. The van der Waals surface area contributed by atoms with Crippen LogP contribution < -0.4 is 5.32 Å². The van der Waals surface area contributed by atoms with Crippen LogP contribution in [-0.2, 0) is 17.9 Å². The zero-order chi connectivity index (χ0) is 19.1. The molecule has 1 fully saturated rings. The summed E-state index contributed by atoms with van der Waals surface area (Å²) in [5.74, 6) is -0.0713. The molecule has 0 saturated carbocycles. The van der Waals surface area contributed by atoms with Gasteiger partial charge in [-0.3, -0.25) is 9.69 Å². The van der Waals surface area contributed by atoms with Gasteiger partial charge in [-0.2, -0.15) is 0 Å². The SMILES string of the molecule is Cc1cccc(/C=C/C(=O)NCc2ccc(CN3CCN(C)CC3)cc2)c1. The molecule has 4 heteroatoms. The van der Waals surface area contributed by atoms with Gasteiger partial charge in [-0.15, -0.1) is 0 Å². The third kappa shape index (κ3) is 6.35. The zero-order valence-electron chi connectivity index (χ0n) is 16.3. The van der Waals surface area contributed by atoms with Crippen LogP contribution in [0.3, 0.4) is 0 Å². The number of carbonyl (C=O) groups excluding carboxylic acids is 1. The first kappa shape index (κ1) is 19.3. The van der Waals surface area contributed by atoms with E-state index in [0.29, 0.717) is 6.54 Å². The van der Waals surface area contributed by atoms with Gasteiger partial charge in [0.15, 0.2) is 0 Å². The summed E-state index contributed by atoms with van der Waals surface area (Å²) in [6, 6.07) is 16.6. The number of nitrogens with one attached hydrogen (secondary N) is 1. The maximum Gasteiger partial charge on any atom is 0.244 e. The summed E-state index contributed by atoms with van der Waals surface area (Å²) in [5, 5.41) is 2.95. The molecule has 1 aliphatic rings. The highest BCUT2D eigenvalue weighted by Crippen LogP contribution is 2.10. The molecule has 0 atom stereocenters. The zero-order valence-corrected chi connectivity index (χ0v) is 16.3. The van der Waals surface area contributed by atoms with Crippen LogP contribution in [0.2, 0.25) is 0 Å². The van der Waals surface area contributed by atoms with E-state index in [1.807, 2.05) is 31.2 Å². The lowest BCUT2D eigenvalue weighted by atomic mass is 10.1. The molecule has 142 valence electrons. The number of rotatable bonds is 6. The van der Waals surface area contributed by atoms with E-state index in [4.69, 9.17) is 0 Å². The summed E-state index contributed by atoms with van der Waals surface area (Å²) in [7, 11) is 2.18. The number of carbonyl (C=O) groups is 1. The summed E-state index contributed by atoms with van der Waals surface area (Å²) in [4.78, 5) is 16.9. The Hall–Kier alpha value is -2.43. The Labute approximate surface area is 162 Å². The van der Waals surface area contributed by atoms with Crippen LogP contribution in [0.25, 0.3) is 6.08 Å². The van der Waals surface area contributed by atoms with Gasteiger partial charge in [0.1, 0.15) is 0 Å². The van der Waals surface area contributed by atoms with Gasteiger partial charge in [-0.1, -0.05) is 54.1 Å². The van der Waals surface area contributed by atoms with Gasteiger partial charge in [0.2, 0.25) is 5.91 Å². The van der Waals surface area contributed by atoms with E-state index in [1.54, 1.807) is 6.08 Å². The molecule has 0 unspecified atom stereocenters. The highest BCUT2D eigenvalue weighted by molar-refractivity contribution is 5.91.